The van der Waals surface area contributed by atoms with Crippen molar-refractivity contribution in [3.63, 3.8) is 0 Å². The lowest BCUT2D eigenvalue weighted by Crippen LogP contribution is -2.29. The number of hydrogen-bond donors (Lipinski definition) is 0. The van der Waals surface area contributed by atoms with Crippen molar-refractivity contribution in [2.24, 2.45) is 4.40 Å². The lowest BCUT2D eigenvalue weighted by molar-refractivity contribution is -0.384. The average molecular weight is 508 g/mol. The number of benzene rings is 2. The van der Waals surface area contributed by atoms with Crippen LogP contribution in [0.2, 0.25) is 0 Å². The van der Waals surface area contributed by atoms with Crippen molar-refractivity contribution in [1.82, 2.24) is 4.90 Å². The lowest BCUT2D eigenvalue weighted by atomic mass is 10.2. The molecule has 0 radical (unpaired) electrons. The third kappa shape index (κ3) is 4.86. The van der Waals surface area contributed by atoms with Crippen molar-refractivity contribution in [2.75, 3.05) is 6.54 Å². The molecule has 1 amide bonds. The van der Waals surface area contributed by atoms with Gasteiger partial charge >= 0.3 is 0 Å². The van der Waals surface area contributed by atoms with Gasteiger partial charge in [-0.25, -0.2) is 0 Å². The van der Waals surface area contributed by atoms with Crippen molar-refractivity contribution in [1.29, 1.82) is 0 Å². The maximum Gasteiger partial charge on any atom is 0.284 e. The summed E-state index contributed by atoms with van der Waals surface area (Å²) in [4.78, 5) is 24.6. The second-order valence-electron chi connectivity index (χ2n) is 5.97. The highest BCUT2D eigenvalue weighted by Crippen LogP contribution is 2.34. The number of carbonyl (C=O) groups is 1. The minimum atomic E-state index is -4.05. The van der Waals surface area contributed by atoms with Crippen LogP contribution < -0.4 is 0 Å². The quantitative estimate of drug-likeness (QED) is 0.250. The van der Waals surface area contributed by atoms with Gasteiger partial charge in [-0.05, 0) is 47.7 Å². The number of halogens is 1. The van der Waals surface area contributed by atoms with E-state index in [9.17, 15) is 23.3 Å². The van der Waals surface area contributed by atoms with E-state index >= 15 is 0 Å². The molecule has 2 aromatic rings. The van der Waals surface area contributed by atoms with Crippen LogP contribution in [-0.4, -0.2) is 35.9 Å². The number of sulfonamides is 1. The monoisotopic (exact) mass is 507 g/mol. The summed E-state index contributed by atoms with van der Waals surface area (Å²) in [6, 6.07) is 11.7. The zero-order valence-electron chi connectivity index (χ0n) is 15.3. The molecule has 11 heteroatoms. The fraction of sp³-hybridized carbons (Fsp3) is 0.0526. The van der Waals surface area contributed by atoms with Gasteiger partial charge < -0.3 is 0 Å². The van der Waals surface area contributed by atoms with Crippen molar-refractivity contribution in [3.8, 4) is 0 Å². The molecule has 1 heterocycles. The number of nitrogens with zero attached hydrogens (tertiary/aromatic N) is 3. The minimum absolute atomic E-state index is 0.0130. The van der Waals surface area contributed by atoms with E-state index in [0.717, 1.165) is 16.2 Å². The molecule has 154 valence electrons. The molecule has 0 aliphatic carbocycles. The first-order valence-corrected chi connectivity index (χ1v) is 11.4. The number of non-ortho nitro benzene ring substituents is 1. The highest BCUT2D eigenvalue weighted by molar-refractivity contribution is 9.10. The lowest BCUT2D eigenvalue weighted by Gasteiger charge is -2.12. The molecule has 1 saturated heterocycles. The van der Waals surface area contributed by atoms with Crippen molar-refractivity contribution >= 4 is 60.6 Å². The fourth-order valence-corrected chi connectivity index (χ4v) is 4.96. The molecule has 1 fully saturated rings. The molecule has 30 heavy (non-hydrogen) atoms. The number of hydrogen-bond acceptors (Lipinski definition) is 6. The van der Waals surface area contributed by atoms with Gasteiger partial charge in [-0.3, -0.25) is 19.8 Å². The highest BCUT2D eigenvalue weighted by atomic mass is 79.9. The second-order valence-corrected chi connectivity index (χ2v) is 9.50. The van der Waals surface area contributed by atoms with Gasteiger partial charge in [0.05, 0.1) is 14.7 Å². The second kappa shape index (κ2) is 8.94. The molecule has 0 bridgehead atoms. The van der Waals surface area contributed by atoms with Crippen LogP contribution in [-0.2, 0) is 14.8 Å². The highest BCUT2D eigenvalue weighted by Gasteiger charge is 2.34. The van der Waals surface area contributed by atoms with Gasteiger partial charge in [0.15, 0.2) is 5.17 Å². The molecule has 1 aliphatic heterocycles. The Hall–Kier alpha value is -2.76. The van der Waals surface area contributed by atoms with E-state index in [-0.39, 0.29) is 27.2 Å². The van der Waals surface area contributed by atoms with Gasteiger partial charge in [-0.1, -0.05) is 34.1 Å². The predicted octanol–water partition coefficient (Wildman–Crippen LogP) is 4.20. The van der Waals surface area contributed by atoms with Gasteiger partial charge in [0.25, 0.3) is 21.6 Å². The van der Waals surface area contributed by atoms with Crippen molar-refractivity contribution in [2.45, 2.75) is 4.90 Å². The molecule has 0 N–H and O–H groups in total. The molecule has 2 aromatic carbocycles. The molecule has 0 saturated carbocycles. The predicted molar refractivity (Wildman–Crippen MR) is 119 cm³/mol. The molecule has 1 aliphatic rings. The maximum atomic E-state index is 12.8. The Morgan fingerprint density at radius 3 is 2.57 bits per heavy atom. The van der Waals surface area contributed by atoms with E-state index in [0.29, 0.717) is 5.56 Å². The maximum absolute atomic E-state index is 12.8. The number of thioether (sulfide) groups is 1. The largest absolute Gasteiger partial charge is 0.284 e. The summed E-state index contributed by atoms with van der Waals surface area (Å²) >= 11 is 4.13. The van der Waals surface area contributed by atoms with Crippen LogP contribution in [0.25, 0.3) is 6.08 Å². The summed E-state index contributed by atoms with van der Waals surface area (Å²) in [7, 11) is -4.05. The number of amidine groups is 1. The van der Waals surface area contributed by atoms with Gasteiger partial charge in [0.1, 0.15) is 0 Å². The first kappa shape index (κ1) is 21.9. The third-order valence-electron chi connectivity index (χ3n) is 3.89. The smallest absolute Gasteiger partial charge is 0.282 e. The van der Waals surface area contributed by atoms with E-state index in [2.05, 4.69) is 26.9 Å². The Bertz CT molecular complexity index is 1190. The zero-order chi connectivity index (χ0) is 21.9. The van der Waals surface area contributed by atoms with Crippen LogP contribution >= 0.6 is 27.7 Å². The average Bonchev–Trinajstić information content (AvgIpc) is 2.97. The summed E-state index contributed by atoms with van der Waals surface area (Å²) in [5.41, 5.74) is 0.324. The summed E-state index contributed by atoms with van der Waals surface area (Å²) in [5.74, 6) is -0.462. The number of amides is 1. The van der Waals surface area contributed by atoms with Gasteiger partial charge in [0.2, 0.25) is 0 Å². The molecular weight excluding hydrogens is 494 g/mol. The summed E-state index contributed by atoms with van der Waals surface area (Å²) < 4.78 is 29.9. The first-order chi connectivity index (χ1) is 14.2. The Kier molecular flexibility index (Phi) is 6.54. The van der Waals surface area contributed by atoms with Crippen molar-refractivity contribution < 1.29 is 18.1 Å². The standard InChI is InChI=1S/C19H14BrN3O5S2/c1-2-10-22-18(24)17(12-13-4-3-5-15(11-13)23(25)26)29-19(22)21-30(27,28)16-8-6-14(20)7-9-16/h2-9,11-12H,1,10H2/b17-12-,21-19?. The molecule has 3 rings (SSSR count). The van der Waals surface area contributed by atoms with E-state index in [1.54, 1.807) is 18.2 Å². The number of nitro benzene ring substituents is 1. The topological polar surface area (TPSA) is 110 Å². The fourth-order valence-electron chi connectivity index (χ4n) is 2.51. The Morgan fingerprint density at radius 1 is 1.23 bits per heavy atom. The number of nitro groups is 1. The number of rotatable bonds is 6. The van der Waals surface area contributed by atoms with Gasteiger partial charge in [0, 0.05) is 23.2 Å². The molecule has 8 nitrogen and oxygen atoms in total. The summed E-state index contributed by atoms with van der Waals surface area (Å²) in [6.45, 7) is 3.65. The molecular formula is C19H14BrN3O5S2. The Balaban J connectivity index is 1.99. The Labute approximate surface area is 185 Å². The first-order valence-electron chi connectivity index (χ1n) is 8.38. The summed E-state index contributed by atoms with van der Waals surface area (Å²) in [6.07, 6.45) is 2.92. The van der Waals surface area contributed by atoms with Crippen LogP contribution in [0, 0.1) is 10.1 Å². The normalized spacial score (nSPS) is 17.0. The van der Waals surface area contributed by atoms with Crippen LogP contribution in [0.5, 0.6) is 0 Å². The molecule has 0 unspecified atom stereocenters. The third-order valence-corrected chi connectivity index (χ3v) is 6.82. The molecule has 0 atom stereocenters. The van der Waals surface area contributed by atoms with Gasteiger partial charge in [-0.2, -0.15) is 8.42 Å². The SMILES string of the molecule is C=CCN1C(=O)/C(=C/c2cccc([N+](=O)[O-])c2)SC1=NS(=O)(=O)c1ccc(Br)cc1. The minimum Gasteiger partial charge on any atom is -0.282 e. The van der Waals surface area contributed by atoms with Gasteiger partial charge in [-0.15, -0.1) is 11.0 Å². The van der Waals surface area contributed by atoms with E-state index in [4.69, 9.17) is 0 Å². The van der Waals surface area contributed by atoms with Crippen LogP contribution in [0.1, 0.15) is 5.56 Å². The number of carbonyl (C=O) groups excluding carboxylic acids is 1. The Morgan fingerprint density at radius 2 is 1.93 bits per heavy atom. The van der Waals surface area contributed by atoms with E-state index in [1.807, 2.05) is 0 Å². The van der Waals surface area contributed by atoms with Crippen LogP contribution in [0.4, 0.5) is 5.69 Å². The molecule has 0 spiro atoms. The van der Waals surface area contributed by atoms with Crippen LogP contribution in [0.15, 0.2) is 79.9 Å². The zero-order valence-corrected chi connectivity index (χ0v) is 18.5. The molecule has 0 aromatic heterocycles. The van der Waals surface area contributed by atoms with E-state index < -0.39 is 20.9 Å². The van der Waals surface area contributed by atoms with Crippen LogP contribution in [0.3, 0.4) is 0 Å². The van der Waals surface area contributed by atoms with Crippen molar-refractivity contribution in [3.05, 3.63) is 86.2 Å². The summed E-state index contributed by atoms with van der Waals surface area (Å²) in [5, 5.41) is 10.9. The van der Waals surface area contributed by atoms with E-state index in [1.165, 1.54) is 47.4 Å².